The van der Waals surface area contributed by atoms with E-state index in [1.165, 1.54) is 12.1 Å². The van der Waals surface area contributed by atoms with Crippen LogP contribution >= 0.6 is 11.3 Å². The van der Waals surface area contributed by atoms with Crippen molar-refractivity contribution >= 4 is 34.1 Å². The van der Waals surface area contributed by atoms with E-state index in [4.69, 9.17) is 5.11 Å². The highest BCUT2D eigenvalue weighted by molar-refractivity contribution is 7.18. The molecule has 0 saturated heterocycles. The molecule has 0 atom stereocenters. The summed E-state index contributed by atoms with van der Waals surface area (Å²) in [4.78, 5) is 33.9. The van der Waals surface area contributed by atoms with Crippen molar-refractivity contribution in [3.63, 3.8) is 0 Å². The van der Waals surface area contributed by atoms with Gasteiger partial charge in [0, 0.05) is 5.41 Å². The Morgan fingerprint density at radius 3 is 2.37 bits per heavy atom. The van der Waals surface area contributed by atoms with E-state index >= 15 is 0 Å². The van der Waals surface area contributed by atoms with E-state index in [-0.39, 0.29) is 17.3 Å². The average molecular weight is 284 g/mol. The molecule has 0 fully saturated rings. The second-order valence-electron chi connectivity index (χ2n) is 4.95. The lowest BCUT2D eigenvalue weighted by Crippen LogP contribution is -2.39. The minimum absolute atomic E-state index is 0.142. The van der Waals surface area contributed by atoms with Crippen molar-refractivity contribution in [3.05, 3.63) is 17.0 Å². The first-order valence-electron chi connectivity index (χ1n) is 5.61. The van der Waals surface area contributed by atoms with Gasteiger partial charge >= 0.3 is 5.97 Å². The summed E-state index contributed by atoms with van der Waals surface area (Å²) in [5.41, 5.74) is -0.556. The Hall–Kier alpha value is -1.89. The van der Waals surface area contributed by atoms with Crippen LogP contribution in [0.15, 0.2) is 12.1 Å². The zero-order valence-electron chi connectivity index (χ0n) is 10.9. The quantitative estimate of drug-likeness (QED) is 0.781. The summed E-state index contributed by atoms with van der Waals surface area (Å²) >= 11 is 0.965. The van der Waals surface area contributed by atoms with Crippen molar-refractivity contribution in [1.82, 2.24) is 5.32 Å². The van der Waals surface area contributed by atoms with Gasteiger partial charge in [0.2, 0.25) is 11.8 Å². The number of anilines is 1. The van der Waals surface area contributed by atoms with Crippen molar-refractivity contribution in [2.45, 2.75) is 20.8 Å². The summed E-state index contributed by atoms with van der Waals surface area (Å²) in [5, 5.41) is 14.2. The van der Waals surface area contributed by atoms with Crippen molar-refractivity contribution in [1.29, 1.82) is 0 Å². The molecule has 0 spiro atoms. The highest BCUT2D eigenvalue weighted by atomic mass is 32.1. The minimum atomic E-state index is -1.04. The van der Waals surface area contributed by atoms with Crippen LogP contribution in [0.2, 0.25) is 0 Å². The van der Waals surface area contributed by atoms with Crippen LogP contribution in [-0.2, 0) is 9.59 Å². The van der Waals surface area contributed by atoms with Crippen LogP contribution in [-0.4, -0.2) is 29.4 Å². The summed E-state index contributed by atoms with van der Waals surface area (Å²) in [7, 11) is 0. The zero-order chi connectivity index (χ0) is 14.6. The fraction of sp³-hybridized carbons (Fsp3) is 0.417. The standard InChI is InChI=1S/C12H16N2O4S/c1-12(2,3)11(18)13-6-8(15)14-9-5-4-7(19-9)10(16)17/h4-5H,6H2,1-3H3,(H,13,18)(H,14,15)(H,16,17). The van der Waals surface area contributed by atoms with Gasteiger partial charge in [0.25, 0.3) is 0 Å². The molecule has 0 saturated carbocycles. The van der Waals surface area contributed by atoms with Crippen LogP contribution in [0.1, 0.15) is 30.4 Å². The first-order chi connectivity index (χ1) is 8.70. The van der Waals surface area contributed by atoms with E-state index in [1.54, 1.807) is 20.8 Å². The molecule has 2 amide bonds. The van der Waals surface area contributed by atoms with E-state index < -0.39 is 17.3 Å². The van der Waals surface area contributed by atoms with Gasteiger partial charge in [0.15, 0.2) is 0 Å². The molecule has 1 aromatic heterocycles. The fourth-order valence-electron chi connectivity index (χ4n) is 1.13. The highest BCUT2D eigenvalue weighted by Gasteiger charge is 2.21. The Morgan fingerprint density at radius 2 is 1.89 bits per heavy atom. The normalized spacial score (nSPS) is 10.9. The van der Waals surface area contributed by atoms with Crippen LogP contribution in [0.25, 0.3) is 0 Å². The molecule has 1 heterocycles. The molecule has 0 aliphatic carbocycles. The lowest BCUT2D eigenvalue weighted by atomic mass is 9.96. The number of hydrogen-bond acceptors (Lipinski definition) is 4. The van der Waals surface area contributed by atoms with E-state index in [2.05, 4.69) is 10.6 Å². The molecule has 19 heavy (non-hydrogen) atoms. The smallest absolute Gasteiger partial charge is 0.345 e. The van der Waals surface area contributed by atoms with Crippen molar-refractivity contribution in [3.8, 4) is 0 Å². The van der Waals surface area contributed by atoms with Crippen molar-refractivity contribution in [2.24, 2.45) is 5.41 Å². The van der Waals surface area contributed by atoms with Gasteiger partial charge in [-0.25, -0.2) is 4.79 Å². The van der Waals surface area contributed by atoms with Gasteiger partial charge in [-0.1, -0.05) is 20.8 Å². The number of carboxylic acids is 1. The van der Waals surface area contributed by atoms with Gasteiger partial charge in [0.05, 0.1) is 11.5 Å². The number of aromatic carboxylic acids is 1. The van der Waals surface area contributed by atoms with E-state index in [0.29, 0.717) is 5.00 Å². The van der Waals surface area contributed by atoms with Crippen LogP contribution in [0.5, 0.6) is 0 Å². The number of thiophene rings is 1. The van der Waals surface area contributed by atoms with Gasteiger partial charge in [0.1, 0.15) is 4.88 Å². The van der Waals surface area contributed by atoms with Crippen molar-refractivity contribution < 1.29 is 19.5 Å². The van der Waals surface area contributed by atoms with Crippen LogP contribution in [0.3, 0.4) is 0 Å². The molecular weight excluding hydrogens is 268 g/mol. The second kappa shape index (κ2) is 5.83. The number of amides is 2. The molecule has 104 valence electrons. The molecule has 0 aromatic carbocycles. The maximum Gasteiger partial charge on any atom is 0.345 e. The predicted octanol–water partition coefficient (Wildman–Crippen LogP) is 1.55. The molecule has 6 nitrogen and oxygen atoms in total. The lowest BCUT2D eigenvalue weighted by Gasteiger charge is -2.17. The minimum Gasteiger partial charge on any atom is -0.477 e. The van der Waals surface area contributed by atoms with Gasteiger partial charge in [-0.3, -0.25) is 9.59 Å². The van der Waals surface area contributed by atoms with Gasteiger partial charge in [-0.05, 0) is 12.1 Å². The molecule has 0 unspecified atom stereocenters. The van der Waals surface area contributed by atoms with E-state index in [9.17, 15) is 14.4 Å². The maximum absolute atomic E-state index is 11.6. The fourth-order valence-corrected chi connectivity index (χ4v) is 1.89. The first-order valence-corrected chi connectivity index (χ1v) is 6.43. The van der Waals surface area contributed by atoms with Crippen molar-refractivity contribution in [2.75, 3.05) is 11.9 Å². The van der Waals surface area contributed by atoms with Gasteiger partial charge < -0.3 is 15.7 Å². The highest BCUT2D eigenvalue weighted by Crippen LogP contribution is 2.21. The summed E-state index contributed by atoms with van der Waals surface area (Å²) < 4.78 is 0. The third kappa shape index (κ3) is 4.70. The molecule has 7 heteroatoms. The van der Waals surface area contributed by atoms with Crippen LogP contribution in [0, 0.1) is 5.41 Å². The third-order valence-electron chi connectivity index (χ3n) is 2.17. The Bertz CT molecular complexity index is 502. The summed E-state index contributed by atoms with van der Waals surface area (Å²) in [6.45, 7) is 5.10. The number of carbonyl (C=O) groups excluding carboxylic acids is 2. The number of hydrogen-bond donors (Lipinski definition) is 3. The summed E-state index contributed by atoms with van der Waals surface area (Å²) in [5.74, 6) is -1.65. The van der Waals surface area contributed by atoms with Gasteiger partial charge in [-0.15, -0.1) is 11.3 Å². The molecule has 0 bridgehead atoms. The maximum atomic E-state index is 11.6. The number of nitrogens with one attached hydrogen (secondary N) is 2. The average Bonchev–Trinajstić information content (AvgIpc) is 2.73. The van der Waals surface area contributed by atoms with Crippen LogP contribution < -0.4 is 10.6 Å². The predicted molar refractivity (Wildman–Crippen MR) is 72.4 cm³/mol. The van der Waals surface area contributed by atoms with Crippen LogP contribution in [0.4, 0.5) is 5.00 Å². The third-order valence-corrected chi connectivity index (χ3v) is 3.16. The monoisotopic (exact) mass is 284 g/mol. The Labute approximate surface area is 114 Å². The Kier molecular flexibility index (Phi) is 4.66. The summed E-state index contributed by atoms with van der Waals surface area (Å²) in [6.07, 6.45) is 0. The molecule has 1 rings (SSSR count). The van der Waals surface area contributed by atoms with E-state index in [1.807, 2.05) is 0 Å². The topological polar surface area (TPSA) is 95.5 Å². The zero-order valence-corrected chi connectivity index (χ0v) is 11.8. The molecule has 3 N–H and O–H groups in total. The Morgan fingerprint density at radius 1 is 1.26 bits per heavy atom. The van der Waals surface area contributed by atoms with Gasteiger partial charge in [-0.2, -0.15) is 0 Å². The number of rotatable bonds is 4. The first kappa shape index (κ1) is 15.2. The molecule has 1 aromatic rings. The lowest BCUT2D eigenvalue weighted by molar-refractivity contribution is -0.130. The molecule has 0 radical (unpaired) electrons. The Balaban J connectivity index is 2.47. The molecule has 0 aliphatic heterocycles. The second-order valence-corrected chi connectivity index (χ2v) is 6.03. The number of carbonyl (C=O) groups is 3. The largest absolute Gasteiger partial charge is 0.477 e. The van der Waals surface area contributed by atoms with E-state index in [0.717, 1.165) is 11.3 Å². The summed E-state index contributed by atoms with van der Waals surface area (Å²) in [6, 6.07) is 2.92. The number of carboxylic acid groups (broad SMARTS) is 1. The SMILES string of the molecule is CC(C)(C)C(=O)NCC(=O)Nc1ccc(C(=O)O)s1. The molecular formula is C12H16N2O4S. The molecule has 0 aliphatic rings.